The number of nitrogens with zero attached hydrogens (tertiary/aromatic N) is 3. The fourth-order valence-corrected chi connectivity index (χ4v) is 4.76. The van der Waals surface area contributed by atoms with E-state index in [-0.39, 0.29) is 23.8 Å². The Labute approximate surface area is 157 Å². The molecule has 1 aromatic carbocycles. The highest BCUT2D eigenvalue weighted by atomic mass is 32.1. The van der Waals surface area contributed by atoms with E-state index in [1.165, 1.54) is 11.3 Å². The van der Waals surface area contributed by atoms with Gasteiger partial charge >= 0.3 is 0 Å². The van der Waals surface area contributed by atoms with E-state index in [0.29, 0.717) is 18.2 Å². The molecule has 2 aliphatic rings. The summed E-state index contributed by atoms with van der Waals surface area (Å²) in [6.45, 7) is 4.11. The number of thiazole rings is 1. The van der Waals surface area contributed by atoms with Crippen LogP contribution in [0.2, 0.25) is 0 Å². The molecular formula is C20H23N3O2S. The van der Waals surface area contributed by atoms with Gasteiger partial charge in [-0.3, -0.25) is 9.59 Å². The molecule has 5 nitrogen and oxygen atoms in total. The molecule has 6 heteroatoms. The van der Waals surface area contributed by atoms with Crippen LogP contribution in [-0.4, -0.2) is 52.3 Å². The lowest BCUT2D eigenvalue weighted by Gasteiger charge is -2.38. The number of carbonyl (C=O) groups is 2. The van der Waals surface area contributed by atoms with Crippen LogP contribution in [0.5, 0.6) is 0 Å². The van der Waals surface area contributed by atoms with Crippen molar-refractivity contribution in [3.05, 3.63) is 52.5 Å². The Morgan fingerprint density at radius 2 is 2.04 bits per heavy atom. The van der Waals surface area contributed by atoms with Gasteiger partial charge in [-0.1, -0.05) is 30.3 Å². The van der Waals surface area contributed by atoms with Gasteiger partial charge in [-0.05, 0) is 31.2 Å². The number of likely N-dealkylation sites (tertiary alicyclic amines) is 2. The molecule has 2 saturated heterocycles. The molecule has 2 fully saturated rings. The smallest absolute Gasteiger partial charge is 0.273 e. The van der Waals surface area contributed by atoms with Crippen LogP contribution in [0, 0.1) is 5.92 Å². The summed E-state index contributed by atoms with van der Waals surface area (Å²) in [6.07, 6.45) is 2.09. The number of aromatic nitrogens is 1. The molecule has 0 saturated carbocycles. The van der Waals surface area contributed by atoms with Crippen LogP contribution >= 0.6 is 11.3 Å². The van der Waals surface area contributed by atoms with E-state index < -0.39 is 0 Å². The largest absolute Gasteiger partial charge is 0.337 e. The molecule has 0 N–H and O–H groups in total. The van der Waals surface area contributed by atoms with Gasteiger partial charge in [0.1, 0.15) is 5.69 Å². The first-order valence-electron chi connectivity index (χ1n) is 9.18. The zero-order chi connectivity index (χ0) is 18.1. The minimum Gasteiger partial charge on any atom is -0.337 e. The predicted molar refractivity (Wildman–Crippen MR) is 101 cm³/mol. The molecule has 3 atom stereocenters. The third-order valence-corrected chi connectivity index (χ3v) is 6.26. The quantitative estimate of drug-likeness (QED) is 0.836. The van der Waals surface area contributed by atoms with Gasteiger partial charge in [0, 0.05) is 25.0 Å². The molecule has 0 spiro atoms. The third-order valence-electron chi connectivity index (χ3n) is 5.67. The molecule has 4 rings (SSSR count). The molecule has 0 radical (unpaired) electrons. The lowest BCUT2D eigenvalue weighted by molar-refractivity contribution is -0.136. The summed E-state index contributed by atoms with van der Waals surface area (Å²) in [5.41, 5.74) is 3.26. The summed E-state index contributed by atoms with van der Waals surface area (Å²) in [4.78, 5) is 33.9. The Hall–Kier alpha value is -2.21. The summed E-state index contributed by atoms with van der Waals surface area (Å²) in [6, 6.07) is 10.1. The van der Waals surface area contributed by atoms with E-state index in [1.54, 1.807) is 10.9 Å². The van der Waals surface area contributed by atoms with Crippen molar-refractivity contribution < 1.29 is 9.59 Å². The molecule has 0 aliphatic carbocycles. The second-order valence-corrected chi connectivity index (χ2v) is 7.94. The lowest BCUT2D eigenvalue weighted by Crippen LogP contribution is -2.49. The molecule has 1 aromatic heterocycles. The third kappa shape index (κ3) is 3.14. The molecule has 0 bridgehead atoms. The van der Waals surface area contributed by atoms with Crippen molar-refractivity contribution in [2.75, 3.05) is 19.6 Å². The standard InChI is InChI=1S/C20H23N3O2S/c1-14(15-6-3-2-4-7-15)19(24)23-9-5-8-16-10-22(11-18(16)23)20(25)17-12-26-13-21-17/h2-4,6-7,12-14,16,18H,5,8-11H2,1H3/t14-,16+,18-/m1/s1. The highest BCUT2D eigenvalue weighted by Crippen LogP contribution is 2.33. The minimum atomic E-state index is -0.154. The zero-order valence-corrected chi connectivity index (χ0v) is 15.7. The molecule has 2 aromatic rings. The van der Waals surface area contributed by atoms with Crippen molar-refractivity contribution in [3.8, 4) is 0 Å². The number of benzene rings is 1. The number of hydrogen-bond acceptors (Lipinski definition) is 4. The molecular weight excluding hydrogens is 346 g/mol. The van der Waals surface area contributed by atoms with Crippen LogP contribution in [0.4, 0.5) is 0 Å². The van der Waals surface area contributed by atoms with E-state index >= 15 is 0 Å². The number of amides is 2. The van der Waals surface area contributed by atoms with E-state index in [1.807, 2.05) is 47.1 Å². The summed E-state index contributed by atoms with van der Waals surface area (Å²) in [7, 11) is 0. The molecule has 26 heavy (non-hydrogen) atoms. The average Bonchev–Trinajstić information content (AvgIpc) is 3.36. The number of fused-ring (bicyclic) bond motifs is 1. The first-order valence-corrected chi connectivity index (χ1v) is 10.1. The van der Waals surface area contributed by atoms with E-state index in [9.17, 15) is 9.59 Å². The SMILES string of the molecule is C[C@@H](C(=O)N1CCC[C@H]2CN(C(=O)c3cscn3)C[C@H]21)c1ccccc1. The lowest BCUT2D eigenvalue weighted by atomic mass is 9.90. The van der Waals surface area contributed by atoms with Gasteiger partial charge in [-0.15, -0.1) is 11.3 Å². The number of piperidine rings is 1. The monoisotopic (exact) mass is 369 g/mol. The highest BCUT2D eigenvalue weighted by Gasteiger charge is 2.43. The van der Waals surface area contributed by atoms with E-state index in [4.69, 9.17) is 0 Å². The van der Waals surface area contributed by atoms with Crippen LogP contribution in [0.1, 0.15) is 41.7 Å². The summed E-state index contributed by atoms with van der Waals surface area (Å²) >= 11 is 1.44. The molecule has 136 valence electrons. The van der Waals surface area contributed by atoms with Crippen LogP contribution < -0.4 is 0 Å². The summed E-state index contributed by atoms with van der Waals surface area (Å²) < 4.78 is 0. The molecule has 2 amide bonds. The van der Waals surface area contributed by atoms with Crippen molar-refractivity contribution in [2.24, 2.45) is 5.92 Å². The zero-order valence-electron chi connectivity index (χ0n) is 14.9. The predicted octanol–water partition coefficient (Wildman–Crippen LogP) is 3.01. The van der Waals surface area contributed by atoms with Crippen molar-refractivity contribution in [2.45, 2.75) is 31.7 Å². The van der Waals surface area contributed by atoms with Crippen LogP contribution in [0.15, 0.2) is 41.2 Å². The first kappa shape index (κ1) is 17.2. The topological polar surface area (TPSA) is 53.5 Å². The Morgan fingerprint density at radius 1 is 1.23 bits per heavy atom. The maximum absolute atomic E-state index is 13.2. The second-order valence-electron chi connectivity index (χ2n) is 7.22. The number of hydrogen-bond donors (Lipinski definition) is 0. The van der Waals surface area contributed by atoms with E-state index in [2.05, 4.69) is 4.98 Å². The molecule has 0 unspecified atom stereocenters. The number of rotatable bonds is 3. The van der Waals surface area contributed by atoms with Gasteiger partial charge in [-0.2, -0.15) is 0 Å². The van der Waals surface area contributed by atoms with Crippen molar-refractivity contribution in [1.82, 2.24) is 14.8 Å². The van der Waals surface area contributed by atoms with Gasteiger partial charge in [0.05, 0.1) is 17.5 Å². The average molecular weight is 369 g/mol. The maximum atomic E-state index is 13.2. The van der Waals surface area contributed by atoms with Gasteiger partial charge in [-0.25, -0.2) is 4.98 Å². The van der Waals surface area contributed by atoms with Gasteiger partial charge in [0.15, 0.2) is 0 Å². The van der Waals surface area contributed by atoms with Crippen molar-refractivity contribution in [3.63, 3.8) is 0 Å². The van der Waals surface area contributed by atoms with Crippen LogP contribution in [-0.2, 0) is 4.79 Å². The molecule has 2 aliphatic heterocycles. The minimum absolute atomic E-state index is 0.0100. The fraction of sp³-hybridized carbons (Fsp3) is 0.450. The van der Waals surface area contributed by atoms with Gasteiger partial charge < -0.3 is 9.80 Å². The Balaban J connectivity index is 1.50. The van der Waals surface area contributed by atoms with Crippen molar-refractivity contribution >= 4 is 23.2 Å². The Kier molecular flexibility index (Phi) is 4.76. The Morgan fingerprint density at radius 3 is 2.77 bits per heavy atom. The Bertz CT molecular complexity index is 778. The maximum Gasteiger partial charge on any atom is 0.273 e. The van der Waals surface area contributed by atoms with Crippen molar-refractivity contribution in [1.29, 1.82) is 0 Å². The normalized spacial score (nSPS) is 23.6. The molecule has 3 heterocycles. The van der Waals surface area contributed by atoms with Crippen LogP contribution in [0.3, 0.4) is 0 Å². The van der Waals surface area contributed by atoms with Gasteiger partial charge in [0.2, 0.25) is 5.91 Å². The van der Waals surface area contributed by atoms with E-state index in [0.717, 1.165) is 31.5 Å². The first-order chi connectivity index (χ1) is 12.6. The van der Waals surface area contributed by atoms with Gasteiger partial charge in [0.25, 0.3) is 5.91 Å². The fourth-order valence-electron chi connectivity index (χ4n) is 4.23. The second kappa shape index (κ2) is 7.19. The van der Waals surface area contributed by atoms with Crippen LogP contribution in [0.25, 0.3) is 0 Å². The highest BCUT2D eigenvalue weighted by molar-refractivity contribution is 7.07. The summed E-state index contributed by atoms with van der Waals surface area (Å²) in [5.74, 6) is 0.384. The summed E-state index contributed by atoms with van der Waals surface area (Å²) in [5, 5.41) is 1.80. The number of carbonyl (C=O) groups excluding carboxylic acids is 2.